The molecule has 1 heterocycles. The number of aromatic hydroxyl groups is 1. The van der Waals surface area contributed by atoms with Gasteiger partial charge >= 0.3 is 5.97 Å². The van der Waals surface area contributed by atoms with Crippen LogP contribution in [0.1, 0.15) is 65.3 Å². The molecule has 3 aliphatic rings. The van der Waals surface area contributed by atoms with Crippen molar-refractivity contribution in [1.29, 1.82) is 0 Å². The molecule has 0 radical (unpaired) electrons. The number of benzene rings is 2. The lowest BCUT2D eigenvalue weighted by Crippen LogP contribution is -2.75. The number of hydrogen-bond donors (Lipinski definition) is 6. The highest BCUT2D eigenvalue weighted by atomic mass is 16.7. The number of phenols is 1. The third-order valence-corrected chi connectivity index (χ3v) is 8.24. The van der Waals surface area contributed by atoms with Gasteiger partial charge in [0.15, 0.2) is 5.78 Å². The summed E-state index contributed by atoms with van der Waals surface area (Å²) in [6.45, 7) is 2.89. The summed E-state index contributed by atoms with van der Waals surface area (Å²) in [5.74, 6) is -2.45. The summed E-state index contributed by atoms with van der Waals surface area (Å²) in [4.78, 5) is 24.0. The van der Waals surface area contributed by atoms with Crippen LogP contribution in [0.3, 0.4) is 0 Å². The van der Waals surface area contributed by atoms with Crippen molar-refractivity contribution >= 4 is 22.5 Å². The number of aryl methyl sites for hydroxylation is 1. The van der Waals surface area contributed by atoms with E-state index < -0.39 is 53.3 Å². The van der Waals surface area contributed by atoms with Crippen LogP contribution in [0.25, 0.3) is 10.8 Å². The van der Waals surface area contributed by atoms with Crippen LogP contribution >= 0.6 is 0 Å². The Balaban J connectivity index is 1.61. The number of aliphatic hydroxyl groups excluding tert-OH is 2. The van der Waals surface area contributed by atoms with Gasteiger partial charge in [-0.15, -0.1) is 0 Å². The summed E-state index contributed by atoms with van der Waals surface area (Å²) in [5.41, 5.74) is -3.04. The van der Waals surface area contributed by atoms with Gasteiger partial charge < -0.3 is 40.1 Å². The third-order valence-electron chi connectivity index (χ3n) is 8.24. The molecular formula is C26H30O10. The molecule has 2 aliphatic carbocycles. The van der Waals surface area contributed by atoms with E-state index in [0.717, 1.165) is 12.5 Å². The highest BCUT2D eigenvalue weighted by molar-refractivity contribution is 6.08. The Kier molecular flexibility index (Phi) is 5.81. The van der Waals surface area contributed by atoms with Crippen molar-refractivity contribution in [3.8, 4) is 11.5 Å². The normalized spacial score (nSPS) is 35.8. The fourth-order valence-electron chi connectivity index (χ4n) is 6.50. The zero-order chi connectivity index (χ0) is 26.2. The molecule has 2 saturated carbocycles. The standard InChI is InChI=1S/C26H30O10/c1-11-8-13-9-14(22(31)32)10-16(18(13)19(28)17(11)12(2)27)35-23-20(29)21(30)26(34)7-5-15-4-3-6-25(15,33)24(26)36-23/h8-10,15,20-21,23-24,28-30,33-34H,3-7H2,1-2H3,(H,31,32)/t15-,20-,21-,23+,24-,25-,26-/m1/s1. The van der Waals surface area contributed by atoms with Crippen molar-refractivity contribution in [2.75, 3.05) is 0 Å². The fraction of sp³-hybridized carbons (Fsp3) is 0.538. The Morgan fingerprint density at radius 2 is 1.81 bits per heavy atom. The van der Waals surface area contributed by atoms with E-state index in [1.807, 2.05) is 0 Å². The molecule has 36 heavy (non-hydrogen) atoms. The van der Waals surface area contributed by atoms with E-state index in [1.54, 1.807) is 13.0 Å². The molecule has 0 bridgehead atoms. The Bertz CT molecular complexity index is 1260. The van der Waals surface area contributed by atoms with Crippen molar-refractivity contribution in [2.45, 2.75) is 81.8 Å². The lowest BCUT2D eigenvalue weighted by molar-refractivity contribution is -0.355. The van der Waals surface area contributed by atoms with Crippen molar-refractivity contribution in [1.82, 2.24) is 0 Å². The van der Waals surface area contributed by atoms with Crippen LogP contribution in [0.4, 0.5) is 0 Å². The summed E-state index contributed by atoms with van der Waals surface area (Å²) in [6.07, 6.45) is -3.95. The number of fused-ring (bicyclic) bond motifs is 4. The summed E-state index contributed by atoms with van der Waals surface area (Å²) in [7, 11) is 0. The quantitative estimate of drug-likeness (QED) is 0.337. The SMILES string of the molecule is CC(=O)c1c(C)cc2cc(C(=O)O)cc(O[C@H]3O[C@@H]4[C@@]5(O)CCC[C@@H]5CC[C@@]4(O)[C@H](O)[C@H]3O)c2c1O. The van der Waals surface area contributed by atoms with Gasteiger partial charge in [-0.2, -0.15) is 0 Å². The average Bonchev–Trinajstić information content (AvgIpc) is 3.19. The number of rotatable bonds is 4. The number of carboxylic acids is 1. The van der Waals surface area contributed by atoms with Gasteiger partial charge in [-0.3, -0.25) is 4.79 Å². The monoisotopic (exact) mass is 502 g/mol. The number of ether oxygens (including phenoxy) is 2. The first kappa shape index (κ1) is 24.9. The van der Waals surface area contributed by atoms with E-state index in [2.05, 4.69) is 0 Å². The molecule has 5 rings (SSSR count). The maximum Gasteiger partial charge on any atom is 0.335 e. The fourth-order valence-corrected chi connectivity index (χ4v) is 6.50. The number of carboxylic acid groups (broad SMARTS) is 1. The molecule has 10 nitrogen and oxygen atoms in total. The molecule has 2 aromatic rings. The second-order valence-corrected chi connectivity index (χ2v) is 10.4. The molecule has 10 heteroatoms. The molecule has 1 aliphatic heterocycles. The van der Waals surface area contributed by atoms with Crippen LogP contribution in [0.15, 0.2) is 18.2 Å². The van der Waals surface area contributed by atoms with Crippen LogP contribution in [0.2, 0.25) is 0 Å². The first-order valence-electron chi connectivity index (χ1n) is 12.1. The molecule has 0 unspecified atom stereocenters. The van der Waals surface area contributed by atoms with Crippen molar-refractivity contribution in [2.24, 2.45) is 5.92 Å². The second-order valence-electron chi connectivity index (χ2n) is 10.4. The van der Waals surface area contributed by atoms with E-state index >= 15 is 0 Å². The molecule has 1 saturated heterocycles. The van der Waals surface area contributed by atoms with Crippen molar-refractivity contribution in [3.63, 3.8) is 0 Å². The number of carbonyl (C=O) groups excluding carboxylic acids is 1. The number of aromatic carboxylic acids is 1. The van der Waals surface area contributed by atoms with E-state index in [1.165, 1.54) is 13.0 Å². The van der Waals surface area contributed by atoms with E-state index in [9.17, 15) is 40.2 Å². The molecular weight excluding hydrogens is 472 g/mol. The number of aliphatic hydroxyl groups is 4. The van der Waals surface area contributed by atoms with Gasteiger partial charge in [0.25, 0.3) is 0 Å². The Labute approximate surface area is 206 Å². The average molecular weight is 503 g/mol. The minimum atomic E-state index is -1.90. The van der Waals surface area contributed by atoms with E-state index in [-0.39, 0.29) is 40.0 Å². The van der Waals surface area contributed by atoms with Gasteiger partial charge in [-0.05, 0) is 68.5 Å². The summed E-state index contributed by atoms with van der Waals surface area (Å²) >= 11 is 0. The van der Waals surface area contributed by atoms with Gasteiger partial charge in [0.05, 0.1) is 22.1 Å². The van der Waals surface area contributed by atoms with E-state index in [4.69, 9.17) is 9.47 Å². The molecule has 3 fully saturated rings. The van der Waals surface area contributed by atoms with Crippen LogP contribution in [0.5, 0.6) is 11.5 Å². The molecule has 0 spiro atoms. The van der Waals surface area contributed by atoms with Gasteiger partial charge in [0.1, 0.15) is 35.4 Å². The van der Waals surface area contributed by atoms with Crippen molar-refractivity contribution < 1.29 is 49.7 Å². The molecule has 0 aromatic heterocycles. The van der Waals surface area contributed by atoms with Crippen LogP contribution < -0.4 is 4.74 Å². The van der Waals surface area contributed by atoms with Crippen molar-refractivity contribution in [3.05, 3.63) is 34.9 Å². The van der Waals surface area contributed by atoms with Gasteiger partial charge in [-0.1, -0.05) is 12.5 Å². The highest BCUT2D eigenvalue weighted by Gasteiger charge is 2.67. The number of ketones is 1. The van der Waals surface area contributed by atoms with Crippen LogP contribution in [0, 0.1) is 12.8 Å². The maximum atomic E-state index is 12.2. The van der Waals surface area contributed by atoms with Gasteiger partial charge in [0, 0.05) is 0 Å². The lowest BCUT2D eigenvalue weighted by atomic mass is 9.64. The van der Waals surface area contributed by atoms with E-state index in [0.29, 0.717) is 24.8 Å². The molecule has 0 amide bonds. The maximum absolute atomic E-state index is 12.2. The Morgan fingerprint density at radius 1 is 1.08 bits per heavy atom. The highest BCUT2D eigenvalue weighted by Crippen LogP contribution is 2.54. The molecule has 194 valence electrons. The smallest absolute Gasteiger partial charge is 0.335 e. The Hall–Kier alpha value is -2.76. The first-order chi connectivity index (χ1) is 16.9. The molecule has 2 aromatic carbocycles. The predicted molar refractivity (Wildman–Crippen MR) is 125 cm³/mol. The van der Waals surface area contributed by atoms with Crippen LogP contribution in [-0.4, -0.2) is 78.2 Å². The number of hydrogen-bond acceptors (Lipinski definition) is 9. The largest absolute Gasteiger partial charge is 0.506 e. The number of Topliss-reactive ketones (excluding diaryl/α,β-unsaturated/α-hetero) is 1. The molecule has 6 N–H and O–H groups in total. The summed E-state index contributed by atoms with van der Waals surface area (Å²) in [5, 5.41) is 65.4. The third kappa shape index (κ3) is 3.51. The lowest BCUT2D eigenvalue weighted by Gasteiger charge is -2.57. The Morgan fingerprint density at radius 3 is 2.47 bits per heavy atom. The summed E-state index contributed by atoms with van der Waals surface area (Å²) < 4.78 is 11.9. The van der Waals surface area contributed by atoms with Gasteiger partial charge in [-0.25, -0.2) is 4.79 Å². The zero-order valence-electron chi connectivity index (χ0n) is 20.0. The minimum absolute atomic E-state index is 0.0306. The summed E-state index contributed by atoms with van der Waals surface area (Å²) in [6, 6.07) is 3.99. The zero-order valence-corrected chi connectivity index (χ0v) is 20.0. The topological polar surface area (TPSA) is 174 Å². The number of carbonyl (C=O) groups is 2. The van der Waals surface area contributed by atoms with Crippen LogP contribution in [-0.2, 0) is 4.74 Å². The number of phenolic OH excluding ortho intramolecular Hbond substituents is 1. The second kappa shape index (κ2) is 8.39. The van der Waals surface area contributed by atoms with Gasteiger partial charge in [0.2, 0.25) is 6.29 Å². The molecule has 7 atom stereocenters. The first-order valence-corrected chi connectivity index (χ1v) is 12.1. The minimum Gasteiger partial charge on any atom is -0.506 e. The predicted octanol–water partition coefficient (Wildman–Crippen LogP) is 1.64.